The molecule has 19 heavy (non-hydrogen) atoms. The lowest BCUT2D eigenvalue weighted by atomic mass is 9.95. The molecule has 1 aromatic heterocycles. The molecule has 0 bridgehead atoms. The zero-order valence-corrected chi connectivity index (χ0v) is 10.7. The summed E-state index contributed by atoms with van der Waals surface area (Å²) in [6, 6.07) is 0. The summed E-state index contributed by atoms with van der Waals surface area (Å²) < 4.78 is 4.58. The topological polar surface area (TPSA) is 105 Å². The average Bonchev–Trinajstić information content (AvgIpc) is 2.98. The molecule has 0 aromatic carbocycles. The van der Waals surface area contributed by atoms with Gasteiger partial charge in [-0.1, -0.05) is 12.1 Å². The van der Waals surface area contributed by atoms with Crippen LogP contribution in [0.4, 0.5) is 0 Å². The van der Waals surface area contributed by atoms with Gasteiger partial charge >= 0.3 is 5.97 Å². The predicted octanol–water partition coefficient (Wildman–Crippen LogP) is 0.475. The number of nitrogens with zero attached hydrogens (tertiary/aromatic N) is 2. The van der Waals surface area contributed by atoms with Crippen molar-refractivity contribution in [1.29, 1.82) is 0 Å². The Morgan fingerprint density at radius 3 is 2.84 bits per heavy atom. The molecule has 1 amide bonds. The van der Waals surface area contributed by atoms with Gasteiger partial charge in [0.1, 0.15) is 0 Å². The number of rotatable bonds is 5. The van der Waals surface area contributed by atoms with Gasteiger partial charge in [0.25, 0.3) is 0 Å². The van der Waals surface area contributed by atoms with Crippen LogP contribution in [0.5, 0.6) is 0 Å². The molecule has 1 aliphatic carbocycles. The van der Waals surface area contributed by atoms with Gasteiger partial charge in [0.2, 0.25) is 12.3 Å². The van der Waals surface area contributed by atoms with Crippen LogP contribution in [-0.2, 0) is 16.0 Å². The zero-order chi connectivity index (χ0) is 13.8. The first-order valence-electron chi connectivity index (χ1n) is 6.33. The lowest BCUT2D eigenvalue weighted by Crippen LogP contribution is -2.36. The maximum Gasteiger partial charge on any atom is 0.307 e. The van der Waals surface area contributed by atoms with E-state index in [2.05, 4.69) is 20.0 Å². The van der Waals surface area contributed by atoms with Crippen molar-refractivity contribution in [3.63, 3.8) is 0 Å². The molecule has 0 radical (unpaired) electrons. The quantitative estimate of drug-likeness (QED) is 0.803. The Morgan fingerprint density at radius 2 is 2.21 bits per heavy atom. The summed E-state index contributed by atoms with van der Waals surface area (Å²) in [5.41, 5.74) is 0. The standard InChI is InChI=1S/C12H17N3O4/c1-7-4-8(9(5-7)12(17)18)11(16)13-3-2-10-14-6-19-15-10/h6-9H,2-5H2,1H3,(H,13,16)(H,17,18). The van der Waals surface area contributed by atoms with Crippen molar-refractivity contribution < 1.29 is 19.2 Å². The summed E-state index contributed by atoms with van der Waals surface area (Å²) >= 11 is 0. The second-order valence-electron chi connectivity index (χ2n) is 5.02. The van der Waals surface area contributed by atoms with E-state index in [1.54, 1.807) is 0 Å². The van der Waals surface area contributed by atoms with Crippen LogP contribution in [0, 0.1) is 17.8 Å². The fraction of sp³-hybridized carbons (Fsp3) is 0.667. The summed E-state index contributed by atoms with van der Waals surface area (Å²) in [7, 11) is 0. The number of aliphatic carboxylic acids is 1. The molecule has 1 saturated carbocycles. The number of nitrogens with one attached hydrogen (secondary N) is 1. The molecule has 7 nitrogen and oxygen atoms in total. The van der Waals surface area contributed by atoms with E-state index in [-0.39, 0.29) is 11.8 Å². The number of carboxylic acid groups (broad SMARTS) is 1. The van der Waals surface area contributed by atoms with Gasteiger partial charge in [-0.3, -0.25) is 9.59 Å². The van der Waals surface area contributed by atoms with Gasteiger partial charge < -0.3 is 14.9 Å². The lowest BCUT2D eigenvalue weighted by molar-refractivity contribution is -0.146. The highest BCUT2D eigenvalue weighted by Gasteiger charge is 2.40. The number of carbonyl (C=O) groups is 2. The summed E-state index contributed by atoms with van der Waals surface area (Å²) in [5.74, 6) is -1.29. The molecule has 0 spiro atoms. The molecular weight excluding hydrogens is 250 g/mol. The van der Waals surface area contributed by atoms with Crippen LogP contribution in [0.1, 0.15) is 25.6 Å². The molecule has 3 atom stereocenters. The van der Waals surface area contributed by atoms with Crippen molar-refractivity contribution in [1.82, 2.24) is 15.5 Å². The number of aromatic nitrogens is 2. The highest BCUT2D eigenvalue weighted by atomic mass is 16.5. The van der Waals surface area contributed by atoms with E-state index >= 15 is 0 Å². The Kier molecular flexibility index (Phi) is 4.13. The fourth-order valence-electron chi connectivity index (χ4n) is 2.59. The van der Waals surface area contributed by atoms with Crippen molar-refractivity contribution in [3.05, 3.63) is 12.2 Å². The van der Waals surface area contributed by atoms with E-state index in [9.17, 15) is 9.59 Å². The molecule has 2 N–H and O–H groups in total. The summed E-state index contributed by atoms with van der Waals surface area (Å²) in [5, 5.41) is 15.5. The van der Waals surface area contributed by atoms with Gasteiger partial charge in [-0.15, -0.1) is 0 Å². The van der Waals surface area contributed by atoms with Crippen molar-refractivity contribution in [2.24, 2.45) is 17.8 Å². The van der Waals surface area contributed by atoms with Gasteiger partial charge in [0.05, 0.1) is 11.8 Å². The van der Waals surface area contributed by atoms with Crippen LogP contribution in [0.25, 0.3) is 0 Å². The van der Waals surface area contributed by atoms with E-state index < -0.39 is 17.8 Å². The minimum Gasteiger partial charge on any atom is -0.481 e. The first-order valence-corrected chi connectivity index (χ1v) is 6.33. The van der Waals surface area contributed by atoms with Gasteiger partial charge in [0, 0.05) is 13.0 Å². The largest absolute Gasteiger partial charge is 0.481 e. The second-order valence-corrected chi connectivity index (χ2v) is 5.02. The first kappa shape index (κ1) is 13.5. The maximum absolute atomic E-state index is 12.0. The van der Waals surface area contributed by atoms with Crippen LogP contribution >= 0.6 is 0 Å². The van der Waals surface area contributed by atoms with Crippen LogP contribution in [-0.4, -0.2) is 33.7 Å². The third kappa shape index (κ3) is 3.30. The minimum atomic E-state index is -0.886. The van der Waals surface area contributed by atoms with E-state index in [0.717, 1.165) is 0 Å². The SMILES string of the molecule is CC1CC(C(=O)O)C(C(=O)NCCc2ncon2)C1. The first-order chi connectivity index (χ1) is 9.08. The Morgan fingerprint density at radius 1 is 1.47 bits per heavy atom. The Labute approximate surface area is 110 Å². The molecule has 0 aliphatic heterocycles. The predicted molar refractivity (Wildman–Crippen MR) is 64.0 cm³/mol. The van der Waals surface area contributed by atoms with Crippen LogP contribution in [0.15, 0.2) is 10.9 Å². The van der Waals surface area contributed by atoms with Gasteiger partial charge in [-0.2, -0.15) is 4.98 Å². The van der Waals surface area contributed by atoms with Gasteiger partial charge in [0.15, 0.2) is 5.82 Å². The average molecular weight is 267 g/mol. The molecule has 3 unspecified atom stereocenters. The highest BCUT2D eigenvalue weighted by molar-refractivity contribution is 5.85. The molecule has 2 rings (SSSR count). The normalized spacial score (nSPS) is 26.3. The van der Waals surface area contributed by atoms with Gasteiger partial charge in [-0.25, -0.2) is 0 Å². The molecule has 0 saturated heterocycles. The fourth-order valence-corrected chi connectivity index (χ4v) is 2.59. The number of carboxylic acids is 1. The Balaban J connectivity index is 1.83. The lowest BCUT2D eigenvalue weighted by Gasteiger charge is -2.15. The molecule has 1 heterocycles. The van der Waals surface area contributed by atoms with Crippen LogP contribution in [0.2, 0.25) is 0 Å². The van der Waals surface area contributed by atoms with Crippen molar-refractivity contribution in [3.8, 4) is 0 Å². The summed E-state index contributed by atoms with van der Waals surface area (Å²) in [4.78, 5) is 26.9. The molecule has 1 aliphatic rings. The second kappa shape index (κ2) is 5.81. The van der Waals surface area contributed by atoms with Gasteiger partial charge in [-0.05, 0) is 18.8 Å². The highest BCUT2D eigenvalue weighted by Crippen LogP contribution is 2.36. The van der Waals surface area contributed by atoms with E-state index in [0.29, 0.717) is 31.6 Å². The number of amides is 1. The van der Waals surface area contributed by atoms with Crippen molar-refractivity contribution in [2.75, 3.05) is 6.54 Å². The Hall–Kier alpha value is -1.92. The van der Waals surface area contributed by atoms with Crippen molar-refractivity contribution in [2.45, 2.75) is 26.2 Å². The zero-order valence-electron chi connectivity index (χ0n) is 10.7. The van der Waals surface area contributed by atoms with E-state index in [1.807, 2.05) is 6.92 Å². The molecule has 1 aromatic rings. The van der Waals surface area contributed by atoms with E-state index in [1.165, 1.54) is 6.39 Å². The third-order valence-corrected chi connectivity index (χ3v) is 3.51. The van der Waals surface area contributed by atoms with Crippen LogP contribution in [0.3, 0.4) is 0 Å². The Bertz CT molecular complexity index is 446. The monoisotopic (exact) mass is 267 g/mol. The molecular formula is C12H17N3O4. The number of hydrogen-bond donors (Lipinski definition) is 2. The number of hydrogen-bond acceptors (Lipinski definition) is 5. The number of carbonyl (C=O) groups excluding carboxylic acids is 1. The summed E-state index contributed by atoms with van der Waals surface area (Å²) in [6.45, 7) is 2.36. The summed E-state index contributed by atoms with van der Waals surface area (Å²) in [6.07, 6.45) is 2.90. The minimum absolute atomic E-state index is 0.194. The third-order valence-electron chi connectivity index (χ3n) is 3.51. The maximum atomic E-state index is 12.0. The smallest absolute Gasteiger partial charge is 0.307 e. The molecule has 1 fully saturated rings. The van der Waals surface area contributed by atoms with Crippen LogP contribution < -0.4 is 5.32 Å². The van der Waals surface area contributed by atoms with Crippen molar-refractivity contribution >= 4 is 11.9 Å². The van der Waals surface area contributed by atoms with E-state index in [4.69, 9.17) is 5.11 Å². The molecule has 104 valence electrons. The molecule has 7 heteroatoms.